The second-order valence-electron chi connectivity index (χ2n) is 3.89. The number of benzene rings is 1. The quantitative estimate of drug-likeness (QED) is 0.589. The summed E-state index contributed by atoms with van der Waals surface area (Å²) in [7, 11) is 0. The van der Waals surface area contributed by atoms with Crippen LogP contribution in [0.15, 0.2) is 24.3 Å². The van der Waals surface area contributed by atoms with E-state index in [4.69, 9.17) is 4.74 Å². The van der Waals surface area contributed by atoms with Gasteiger partial charge in [0, 0.05) is 16.6 Å². The molecule has 1 rings (SSSR count). The van der Waals surface area contributed by atoms with Gasteiger partial charge in [0.05, 0.1) is 6.10 Å². The average molecular weight is 322 g/mol. The Labute approximate surface area is 104 Å². The number of hydrogen-bond donors (Lipinski definition) is 0. The maximum atomic E-state index is 13.5. The fourth-order valence-corrected chi connectivity index (χ4v) is 1.99. The van der Waals surface area contributed by atoms with Gasteiger partial charge in [0.1, 0.15) is 5.82 Å². The van der Waals surface area contributed by atoms with Crippen molar-refractivity contribution >= 4 is 22.6 Å². The Balaban J connectivity index is 2.70. The van der Waals surface area contributed by atoms with E-state index in [9.17, 15) is 4.39 Å². The highest BCUT2D eigenvalue weighted by molar-refractivity contribution is 14.1. The van der Waals surface area contributed by atoms with Crippen LogP contribution in [0.2, 0.25) is 0 Å². The van der Waals surface area contributed by atoms with Crippen LogP contribution in [0.5, 0.6) is 0 Å². The average Bonchev–Trinajstić information content (AvgIpc) is 2.21. The molecular formula is C12H16FIO. The zero-order valence-corrected chi connectivity index (χ0v) is 11.2. The van der Waals surface area contributed by atoms with E-state index in [1.807, 2.05) is 6.07 Å². The Morgan fingerprint density at radius 1 is 1.33 bits per heavy atom. The van der Waals surface area contributed by atoms with Crippen molar-refractivity contribution in [3.63, 3.8) is 0 Å². The van der Waals surface area contributed by atoms with Crippen LogP contribution < -0.4 is 0 Å². The lowest BCUT2D eigenvalue weighted by Crippen LogP contribution is -2.11. The van der Waals surface area contributed by atoms with Crippen LogP contribution >= 0.6 is 22.6 Å². The third-order valence-electron chi connectivity index (χ3n) is 2.02. The SMILES string of the molecule is CC(C)COC(CI)c1ccccc1F. The number of hydrogen-bond acceptors (Lipinski definition) is 1. The number of alkyl halides is 1. The first-order valence-corrected chi connectivity index (χ1v) is 6.59. The Kier molecular flexibility index (Phi) is 5.53. The summed E-state index contributed by atoms with van der Waals surface area (Å²) in [4.78, 5) is 0. The third kappa shape index (κ3) is 4.07. The number of halogens is 2. The Morgan fingerprint density at radius 3 is 2.53 bits per heavy atom. The van der Waals surface area contributed by atoms with E-state index < -0.39 is 0 Å². The molecule has 0 aromatic heterocycles. The number of ether oxygens (including phenoxy) is 1. The minimum absolute atomic E-state index is 0.130. The molecule has 0 aliphatic heterocycles. The van der Waals surface area contributed by atoms with Gasteiger partial charge in [-0.05, 0) is 12.0 Å². The molecule has 0 bridgehead atoms. The fourth-order valence-electron chi connectivity index (χ4n) is 1.26. The Hall–Kier alpha value is -0.160. The molecule has 0 heterocycles. The van der Waals surface area contributed by atoms with Crippen LogP contribution in [0.3, 0.4) is 0 Å². The zero-order chi connectivity index (χ0) is 11.3. The van der Waals surface area contributed by atoms with Crippen LogP contribution in [0.25, 0.3) is 0 Å². The van der Waals surface area contributed by atoms with E-state index in [0.717, 1.165) is 4.43 Å². The van der Waals surface area contributed by atoms with Crippen LogP contribution in [-0.2, 0) is 4.74 Å². The second kappa shape index (κ2) is 6.43. The zero-order valence-electron chi connectivity index (χ0n) is 9.04. The van der Waals surface area contributed by atoms with Gasteiger partial charge in [-0.15, -0.1) is 0 Å². The lowest BCUT2D eigenvalue weighted by atomic mass is 10.1. The standard InChI is InChI=1S/C12H16FIO/c1-9(2)8-15-12(7-14)10-5-3-4-6-11(10)13/h3-6,9,12H,7-8H2,1-2H3. The van der Waals surface area contributed by atoms with Gasteiger partial charge in [-0.2, -0.15) is 0 Å². The first kappa shape index (κ1) is 12.9. The van der Waals surface area contributed by atoms with E-state index >= 15 is 0 Å². The predicted molar refractivity (Wildman–Crippen MR) is 68.8 cm³/mol. The van der Waals surface area contributed by atoms with Crippen LogP contribution in [0.1, 0.15) is 25.5 Å². The Bertz CT molecular complexity index is 301. The molecule has 0 aliphatic rings. The third-order valence-corrected chi connectivity index (χ3v) is 2.82. The van der Waals surface area contributed by atoms with Gasteiger partial charge in [-0.3, -0.25) is 0 Å². The molecular weight excluding hydrogens is 306 g/mol. The largest absolute Gasteiger partial charge is 0.372 e. The first-order valence-electron chi connectivity index (χ1n) is 5.07. The predicted octanol–water partition coefficient (Wildman–Crippen LogP) is 3.97. The van der Waals surface area contributed by atoms with E-state index in [-0.39, 0.29) is 11.9 Å². The molecule has 0 aliphatic carbocycles. The van der Waals surface area contributed by atoms with Gasteiger partial charge in [0.15, 0.2) is 0 Å². The van der Waals surface area contributed by atoms with Gasteiger partial charge >= 0.3 is 0 Å². The maximum absolute atomic E-state index is 13.5. The molecule has 0 saturated carbocycles. The number of rotatable bonds is 5. The molecule has 3 heteroatoms. The van der Waals surface area contributed by atoms with Crippen molar-refractivity contribution in [2.45, 2.75) is 20.0 Å². The minimum Gasteiger partial charge on any atom is -0.372 e. The summed E-state index contributed by atoms with van der Waals surface area (Å²) < 4.78 is 19.9. The molecule has 1 aromatic rings. The van der Waals surface area contributed by atoms with Gasteiger partial charge in [-0.25, -0.2) is 4.39 Å². The van der Waals surface area contributed by atoms with Crippen LogP contribution in [-0.4, -0.2) is 11.0 Å². The van der Waals surface area contributed by atoms with Crippen molar-refractivity contribution in [3.8, 4) is 0 Å². The molecule has 0 radical (unpaired) electrons. The highest BCUT2D eigenvalue weighted by Gasteiger charge is 2.14. The van der Waals surface area contributed by atoms with Crippen molar-refractivity contribution in [1.29, 1.82) is 0 Å². The van der Waals surface area contributed by atoms with Gasteiger partial charge in [0.25, 0.3) is 0 Å². The summed E-state index contributed by atoms with van der Waals surface area (Å²) in [6, 6.07) is 6.81. The minimum atomic E-state index is -0.178. The smallest absolute Gasteiger partial charge is 0.129 e. The summed E-state index contributed by atoms with van der Waals surface area (Å²) >= 11 is 2.22. The van der Waals surface area contributed by atoms with Crippen molar-refractivity contribution in [3.05, 3.63) is 35.6 Å². The summed E-state index contributed by atoms with van der Waals surface area (Å²) in [6.07, 6.45) is -0.130. The molecule has 0 saturated heterocycles. The van der Waals surface area contributed by atoms with E-state index in [2.05, 4.69) is 36.4 Å². The summed E-state index contributed by atoms with van der Waals surface area (Å²) in [5, 5.41) is 0. The topological polar surface area (TPSA) is 9.23 Å². The van der Waals surface area contributed by atoms with E-state index in [1.54, 1.807) is 12.1 Å². The summed E-state index contributed by atoms with van der Waals surface area (Å²) in [5.74, 6) is 0.296. The molecule has 1 unspecified atom stereocenters. The van der Waals surface area contributed by atoms with Crippen molar-refractivity contribution in [2.24, 2.45) is 5.92 Å². The normalized spacial score (nSPS) is 13.1. The molecule has 0 spiro atoms. The fraction of sp³-hybridized carbons (Fsp3) is 0.500. The van der Waals surface area contributed by atoms with E-state index in [0.29, 0.717) is 18.1 Å². The molecule has 0 fully saturated rings. The molecule has 1 aromatic carbocycles. The van der Waals surface area contributed by atoms with Gasteiger partial charge < -0.3 is 4.74 Å². The van der Waals surface area contributed by atoms with Crippen molar-refractivity contribution in [1.82, 2.24) is 0 Å². The molecule has 1 nitrogen and oxygen atoms in total. The molecule has 0 amide bonds. The second-order valence-corrected chi connectivity index (χ2v) is 4.77. The van der Waals surface area contributed by atoms with Crippen LogP contribution in [0, 0.1) is 11.7 Å². The summed E-state index contributed by atoms with van der Waals surface area (Å²) in [6.45, 7) is 4.85. The van der Waals surface area contributed by atoms with E-state index in [1.165, 1.54) is 6.07 Å². The van der Waals surface area contributed by atoms with Gasteiger partial charge in [-0.1, -0.05) is 54.6 Å². The highest BCUT2D eigenvalue weighted by Crippen LogP contribution is 2.23. The highest BCUT2D eigenvalue weighted by atomic mass is 127. The molecule has 1 atom stereocenters. The molecule has 15 heavy (non-hydrogen) atoms. The lowest BCUT2D eigenvalue weighted by Gasteiger charge is -2.17. The van der Waals surface area contributed by atoms with Crippen molar-refractivity contribution in [2.75, 3.05) is 11.0 Å². The molecule has 84 valence electrons. The lowest BCUT2D eigenvalue weighted by molar-refractivity contribution is 0.0496. The summed E-state index contributed by atoms with van der Waals surface area (Å²) in [5.41, 5.74) is 0.660. The van der Waals surface area contributed by atoms with Crippen molar-refractivity contribution < 1.29 is 9.13 Å². The maximum Gasteiger partial charge on any atom is 0.129 e. The van der Waals surface area contributed by atoms with Gasteiger partial charge in [0.2, 0.25) is 0 Å². The molecule has 0 N–H and O–H groups in total. The van der Waals surface area contributed by atoms with Crippen LogP contribution in [0.4, 0.5) is 4.39 Å². The first-order chi connectivity index (χ1) is 7.15. The Morgan fingerprint density at radius 2 is 2.00 bits per heavy atom. The monoisotopic (exact) mass is 322 g/mol.